The fourth-order valence-corrected chi connectivity index (χ4v) is 4.74. The minimum atomic E-state index is -0.753. The second kappa shape index (κ2) is 7.13. The summed E-state index contributed by atoms with van der Waals surface area (Å²) in [5, 5.41) is 10.4. The highest BCUT2D eigenvalue weighted by molar-refractivity contribution is 7.18. The molecule has 134 valence electrons. The van der Waals surface area contributed by atoms with Crippen molar-refractivity contribution >= 4 is 27.5 Å². The minimum Gasteiger partial charge on any atom is -0.481 e. The number of likely N-dealkylation sites (tertiary alicyclic amines) is 1. The number of carboxylic acids is 1. The fourth-order valence-electron chi connectivity index (χ4n) is 3.60. The summed E-state index contributed by atoms with van der Waals surface area (Å²) >= 11 is 1.61. The minimum absolute atomic E-state index is 0.157. The zero-order chi connectivity index (χ0) is 18.1. The van der Waals surface area contributed by atoms with E-state index in [9.17, 15) is 14.3 Å². The summed E-state index contributed by atoms with van der Waals surface area (Å²) < 4.78 is 14.5. The summed E-state index contributed by atoms with van der Waals surface area (Å²) in [6, 6.07) is 14.3. The Morgan fingerprint density at radius 1 is 1.23 bits per heavy atom. The second-order valence-corrected chi connectivity index (χ2v) is 7.71. The maximum absolute atomic E-state index is 13.4. The molecule has 0 radical (unpaired) electrons. The molecule has 0 bridgehead atoms. The Morgan fingerprint density at radius 2 is 2.00 bits per heavy atom. The van der Waals surface area contributed by atoms with Crippen LogP contribution in [0.5, 0.6) is 0 Å². The molecule has 26 heavy (non-hydrogen) atoms. The predicted octanol–water partition coefficient (Wildman–Crippen LogP) is 4.32. The number of carbonyl (C=O) groups is 1. The van der Waals surface area contributed by atoms with Gasteiger partial charge in [-0.3, -0.25) is 9.69 Å². The molecule has 0 aliphatic carbocycles. The van der Waals surface area contributed by atoms with Crippen LogP contribution in [-0.2, 0) is 4.79 Å². The third kappa shape index (κ3) is 3.34. The number of benzene rings is 2. The molecule has 0 saturated carbocycles. The third-order valence-corrected chi connectivity index (χ3v) is 5.99. The first-order valence-electron chi connectivity index (χ1n) is 8.69. The Bertz CT molecular complexity index is 892. The third-order valence-electron chi connectivity index (χ3n) is 4.90. The van der Waals surface area contributed by atoms with Gasteiger partial charge in [0.15, 0.2) is 0 Å². The van der Waals surface area contributed by atoms with Gasteiger partial charge in [0, 0.05) is 6.54 Å². The molecule has 6 heteroatoms. The van der Waals surface area contributed by atoms with E-state index in [0.29, 0.717) is 13.0 Å². The molecule has 4 rings (SSSR count). The molecular formula is C20H19FN2O2S. The highest BCUT2D eigenvalue weighted by Crippen LogP contribution is 2.36. The normalized spacial score (nSPS) is 19.5. The first-order chi connectivity index (χ1) is 12.6. The molecule has 1 aliphatic rings. The molecule has 1 aromatic heterocycles. The number of hydrogen-bond acceptors (Lipinski definition) is 4. The van der Waals surface area contributed by atoms with Crippen LogP contribution in [0.3, 0.4) is 0 Å². The summed E-state index contributed by atoms with van der Waals surface area (Å²) in [7, 11) is 0. The lowest BCUT2D eigenvalue weighted by Crippen LogP contribution is -2.41. The van der Waals surface area contributed by atoms with Crippen molar-refractivity contribution in [2.75, 3.05) is 13.1 Å². The standard InChI is InChI=1S/C20H19FN2O2S/c21-15-9-7-13(8-10-15)18(23-11-3-4-14(12-23)20(24)25)19-22-16-5-1-2-6-17(16)26-19/h1-2,5-10,14,18H,3-4,11-12H2,(H,24,25). The van der Waals surface area contributed by atoms with Gasteiger partial charge in [0.25, 0.3) is 0 Å². The number of para-hydroxylation sites is 1. The van der Waals surface area contributed by atoms with E-state index in [0.717, 1.165) is 33.8 Å². The molecule has 1 N–H and O–H groups in total. The molecule has 0 spiro atoms. The Kier molecular flexibility index (Phi) is 4.70. The number of rotatable bonds is 4. The van der Waals surface area contributed by atoms with Crippen LogP contribution >= 0.6 is 11.3 Å². The number of piperidine rings is 1. The van der Waals surface area contributed by atoms with Crippen molar-refractivity contribution in [1.82, 2.24) is 9.88 Å². The number of hydrogen-bond donors (Lipinski definition) is 1. The van der Waals surface area contributed by atoms with E-state index in [1.54, 1.807) is 23.5 Å². The largest absolute Gasteiger partial charge is 0.481 e. The number of nitrogens with zero attached hydrogens (tertiary/aromatic N) is 2. The Labute approximate surface area is 154 Å². The van der Waals surface area contributed by atoms with E-state index in [2.05, 4.69) is 4.90 Å². The van der Waals surface area contributed by atoms with Crippen LogP contribution in [0.4, 0.5) is 4.39 Å². The number of aliphatic carboxylic acids is 1. The first kappa shape index (κ1) is 17.1. The van der Waals surface area contributed by atoms with Crippen molar-refractivity contribution in [1.29, 1.82) is 0 Å². The number of aromatic nitrogens is 1. The smallest absolute Gasteiger partial charge is 0.307 e. The van der Waals surface area contributed by atoms with Crippen molar-refractivity contribution in [2.45, 2.75) is 18.9 Å². The van der Waals surface area contributed by atoms with Crippen molar-refractivity contribution in [3.63, 3.8) is 0 Å². The van der Waals surface area contributed by atoms with Crippen LogP contribution < -0.4 is 0 Å². The number of halogens is 1. The van der Waals surface area contributed by atoms with Gasteiger partial charge >= 0.3 is 5.97 Å². The van der Waals surface area contributed by atoms with Crippen molar-refractivity contribution < 1.29 is 14.3 Å². The predicted molar refractivity (Wildman–Crippen MR) is 99.8 cm³/mol. The van der Waals surface area contributed by atoms with Crippen molar-refractivity contribution in [2.24, 2.45) is 5.92 Å². The molecule has 1 saturated heterocycles. The van der Waals surface area contributed by atoms with Crippen molar-refractivity contribution in [3.8, 4) is 0 Å². The quantitative estimate of drug-likeness (QED) is 0.743. The molecule has 2 unspecified atom stereocenters. The molecule has 2 aromatic carbocycles. The van der Waals surface area contributed by atoms with Crippen LogP contribution in [0.15, 0.2) is 48.5 Å². The Balaban J connectivity index is 1.76. The lowest BCUT2D eigenvalue weighted by molar-refractivity contribution is -0.143. The second-order valence-electron chi connectivity index (χ2n) is 6.65. The van der Waals surface area contributed by atoms with E-state index >= 15 is 0 Å². The average Bonchev–Trinajstić information content (AvgIpc) is 3.07. The lowest BCUT2D eigenvalue weighted by Gasteiger charge is -2.36. The van der Waals surface area contributed by atoms with Gasteiger partial charge in [-0.1, -0.05) is 24.3 Å². The van der Waals surface area contributed by atoms with Crippen LogP contribution in [0.2, 0.25) is 0 Å². The van der Waals surface area contributed by atoms with Gasteiger partial charge in [-0.05, 0) is 49.2 Å². The Morgan fingerprint density at radius 3 is 2.73 bits per heavy atom. The summed E-state index contributed by atoms with van der Waals surface area (Å²) in [5.74, 6) is -1.41. The summed E-state index contributed by atoms with van der Waals surface area (Å²) in [6.07, 6.45) is 1.53. The zero-order valence-electron chi connectivity index (χ0n) is 14.1. The van der Waals surface area contributed by atoms with E-state index in [4.69, 9.17) is 4.98 Å². The van der Waals surface area contributed by atoms with E-state index in [-0.39, 0.29) is 17.8 Å². The van der Waals surface area contributed by atoms with Gasteiger partial charge in [-0.2, -0.15) is 0 Å². The highest BCUT2D eigenvalue weighted by atomic mass is 32.1. The fraction of sp³-hybridized carbons (Fsp3) is 0.300. The van der Waals surface area contributed by atoms with E-state index in [1.807, 2.05) is 24.3 Å². The monoisotopic (exact) mass is 370 g/mol. The molecule has 1 fully saturated rings. The molecule has 1 aliphatic heterocycles. The van der Waals surface area contributed by atoms with Crippen molar-refractivity contribution in [3.05, 3.63) is 64.9 Å². The topological polar surface area (TPSA) is 53.4 Å². The van der Waals surface area contributed by atoms with Gasteiger partial charge < -0.3 is 5.11 Å². The highest BCUT2D eigenvalue weighted by Gasteiger charge is 2.32. The number of carboxylic acid groups (broad SMARTS) is 1. The number of thiazole rings is 1. The Hall–Kier alpha value is -2.31. The van der Waals surface area contributed by atoms with E-state index in [1.165, 1.54) is 12.1 Å². The maximum Gasteiger partial charge on any atom is 0.307 e. The summed E-state index contributed by atoms with van der Waals surface area (Å²) in [6.45, 7) is 1.29. The SMILES string of the molecule is O=C(O)C1CCCN(C(c2ccc(F)cc2)c2nc3ccccc3s2)C1. The molecule has 4 nitrogen and oxygen atoms in total. The van der Waals surface area contributed by atoms with Crippen LogP contribution in [0.1, 0.15) is 29.5 Å². The average molecular weight is 370 g/mol. The molecule has 0 amide bonds. The van der Waals surface area contributed by atoms with Gasteiger partial charge in [0.05, 0.1) is 22.2 Å². The lowest BCUT2D eigenvalue weighted by atomic mass is 9.95. The summed E-state index contributed by atoms with van der Waals surface area (Å²) in [5.41, 5.74) is 1.88. The van der Waals surface area contributed by atoms with Crippen LogP contribution in [0, 0.1) is 11.7 Å². The molecule has 2 atom stereocenters. The zero-order valence-corrected chi connectivity index (χ0v) is 15.0. The maximum atomic E-state index is 13.4. The molecule has 3 aromatic rings. The van der Waals surface area contributed by atoms with E-state index < -0.39 is 5.97 Å². The number of fused-ring (bicyclic) bond motifs is 1. The van der Waals surface area contributed by atoms with Gasteiger partial charge in [0.2, 0.25) is 0 Å². The van der Waals surface area contributed by atoms with Gasteiger partial charge in [-0.15, -0.1) is 11.3 Å². The van der Waals surface area contributed by atoms with Crippen LogP contribution in [-0.4, -0.2) is 34.0 Å². The first-order valence-corrected chi connectivity index (χ1v) is 9.51. The summed E-state index contributed by atoms with van der Waals surface area (Å²) in [4.78, 5) is 18.5. The van der Waals surface area contributed by atoms with Crippen LogP contribution in [0.25, 0.3) is 10.2 Å². The van der Waals surface area contributed by atoms with Gasteiger partial charge in [0.1, 0.15) is 10.8 Å². The molecule has 2 heterocycles. The van der Waals surface area contributed by atoms with Gasteiger partial charge in [-0.25, -0.2) is 9.37 Å². The molecular weight excluding hydrogens is 351 g/mol.